The smallest absolute Gasteiger partial charge is 0.408 e. The number of phenols is 1. The topological polar surface area (TPSA) is 132 Å². The summed E-state index contributed by atoms with van der Waals surface area (Å²) in [5.41, 5.74) is -1.04. The Labute approximate surface area is 206 Å². The standard InChI is InChI=1S/C24H36N4O5S/c1-23(2,3)27-20(30)19(16-9-8-10-17(29)15-16)28(13-12-25)21(31)18(11-14-34-7)26-22(32)33-24(4,5)6/h8-10,15,18-19,29H,11,13-14H2,1-7H3,(H,26,32)(H,27,30). The Hall–Kier alpha value is -2.93. The maximum absolute atomic E-state index is 13.7. The van der Waals surface area contributed by atoms with E-state index in [4.69, 9.17) is 4.74 Å². The van der Waals surface area contributed by atoms with Crippen molar-refractivity contribution in [1.29, 1.82) is 5.26 Å². The van der Waals surface area contributed by atoms with Crippen molar-refractivity contribution >= 4 is 29.7 Å². The number of alkyl carbamates (subject to hydrolysis) is 1. The third kappa shape index (κ3) is 9.91. The Kier molecular flexibility index (Phi) is 10.7. The van der Waals surface area contributed by atoms with Gasteiger partial charge in [0, 0.05) is 5.54 Å². The first-order valence-corrected chi connectivity index (χ1v) is 12.3. The molecule has 2 unspecified atom stereocenters. The number of nitrogens with zero attached hydrogens (tertiary/aromatic N) is 2. The van der Waals surface area contributed by atoms with E-state index in [1.54, 1.807) is 53.7 Å². The van der Waals surface area contributed by atoms with E-state index in [1.165, 1.54) is 23.9 Å². The minimum Gasteiger partial charge on any atom is -0.508 e. The van der Waals surface area contributed by atoms with Crippen LogP contribution in [0.4, 0.5) is 4.79 Å². The van der Waals surface area contributed by atoms with Gasteiger partial charge in [-0.15, -0.1) is 0 Å². The molecule has 1 rings (SSSR count). The minimum absolute atomic E-state index is 0.0822. The zero-order valence-electron chi connectivity index (χ0n) is 21.0. The number of nitriles is 1. The van der Waals surface area contributed by atoms with Gasteiger partial charge < -0.3 is 25.4 Å². The van der Waals surface area contributed by atoms with Crippen molar-refractivity contribution < 1.29 is 24.2 Å². The van der Waals surface area contributed by atoms with Crippen LogP contribution in [0.5, 0.6) is 5.75 Å². The zero-order chi connectivity index (χ0) is 26.1. The first-order chi connectivity index (χ1) is 15.7. The number of aromatic hydroxyl groups is 1. The van der Waals surface area contributed by atoms with E-state index in [-0.39, 0.29) is 12.2 Å². The number of amides is 3. The average Bonchev–Trinajstić information content (AvgIpc) is 2.67. The fourth-order valence-electron chi connectivity index (χ4n) is 3.12. The summed E-state index contributed by atoms with van der Waals surface area (Å²) in [4.78, 5) is 40.5. The normalized spacial score (nSPS) is 13.2. The van der Waals surface area contributed by atoms with Crippen LogP contribution >= 0.6 is 11.8 Å². The highest BCUT2D eigenvalue weighted by Crippen LogP contribution is 2.26. The van der Waals surface area contributed by atoms with Crippen molar-refractivity contribution in [1.82, 2.24) is 15.5 Å². The highest BCUT2D eigenvalue weighted by atomic mass is 32.2. The van der Waals surface area contributed by atoms with Crippen LogP contribution in [-0.2, 0) is 14.3 Å². The molecule has 10 heteroatoms. The summed E-state index contributed by atoms with van der Waals surface area (Å²) in [6.07, 6.45) is 1.38. The molecule has 34 heavy (non-hydrogen) atoms. The second kappa shape index (κ2) is 12.5. The van der Waals surface area contributed by atoms with Gasteiger partial charge in [-0.1, -0.05) is 12.1 Å². The number of thioether (sulfide) groups is 1. The summed E-state index contributed by atoms with van der Waals surface area (Å²) >= 11 is 1.49. The maximum Gasteiger partial charge on any atom is 0.408 e. The van der Waals surface area contributed by atoms with Gasteiger partial charge in [0.1, 0.15) is 30.0 Å². The molecule has 0 heterocycles. The van der Waals surface area contributed by atoms with Gasteiger partial charge in [-0.05, 0) is 77.7 Å². The van der Waals surface area contributed by atoms with E-state index in [2.05, 4.69) is 10.6 Å². The molecule has 0 saturated heterocycles. The Morgan fingerprint density at radius 1 is 1.21 bits per heavy atom. The molecule has 0 radical (unpaired) electrons. The van der Waals surface area contributed by atoms with Crippen molar-refractivity contribution in [2.24, 2.45) is 0 Å². The van der Waals surface area contributed by atoms with Gasteiger partial charge >= 0.3 is 6.09 Å². The first kappa shape index (κ1) is 29.1. The second-order valence-electron chi connectivity index (χ2n) is 9.84. The summed E-state index contributed by atoms with van der Waals surface area (Å²) in [6.45, 7) is 10.1. The number of benzene rings is 1. The summed E-state index contributed by atoms with van der Waals surface area (Å²) in [7, 11) is 0. The number of rotatable bonds is 9. The van der Waals surface area contributed by atoms with E-state index in [9.17, 15) is 24.8 Å². The van der Waals surface area contributed by atoms with E-state index in [0.717, 1.165) is 4.90 Å². The van der Waals surface area contributed by atoms with Crippen LogP contribution in [0.3, 0.4) is 0 Å². The molecule has 1 aromatic carbocycles. The summed E-state index contributed by atoms with van der Waals surface area (Å²) in [5, 5.41) is 24.9. The molecule has 0 bridgehead atoms. The highest BCUT2D eigenvalue weighted by Gasteiger charge is 2.37. The Morgan fingerprint density at radius 2 is 1.85 bits per heavy atom. The van der Waals surface area contributed by atoms with Crippen LogP contribution < -0.4 is 10.6 Å². The zero-order valence-corrected chi connectivity index (χ0v) is 21.8. The molecule has 188 valence electrons. The van der Waals surface area contributed by atoms with Crippen molar-refractivity contribution in [3.63, 3.8) is 0 Å². The molecular formula is C24H36N4O5S. The summed E-state index contributed by atoms with van der Waals surface area (Å²) in [5.74, 6) is -0.639. The van der Waals surface area contributed by atoms with Crippen LogP contribution in [0, 0.1) is 11.3 Å². The number of phenolic OH excluding ortho intramolecular Hbond substituents is 1. The lowest BCUT2D eigenvalue weighted by atomic mass is 10.00. The number of hydrogen-bond donors (Lipinski definition) is 3. The molecule has 0 saturated carbocycles. The maximum atomic E-state index is 13.7. The SMILES string of the molecule is CSCCC(NC(=O)OC(C)(C)C)C(=O)N(CC#N)C(C(=O)NC(C)(C)C)c1cccc(O)c1. The van der Waals surface area contributed by atoms with E-state index in [0.29, 0.717) is 11.3 Å². The second-order valence-corrected chi connectivity index (χ2v) is 10.8. The van der Waals surface area contributed by atoms with E-state index >= 15 is 0 Å². The van der Waals surface area contributed by atoms with Crippen molar-refractivity contribution in [3.05, 3.63) is 29.8 Å². The third-order valence-corrected chi connectivity index (χ3v) is 5.01. The third-order valence-electron chi connectivity index (χ3n) is 4.37. The molecule has 2 atom stereocenters. The van der Waals surface area contributed by atoms with Gasteiger partial charge in [-0.25, -0.2) is 4.79 Å². The number of ether oxygens (including phenoxy) is 1. The molecule has 0 aromatic heterocycles. The van der Waals surface area contributed by atoms with Gasteiger partial charge in [0.25, 0.3) is 0 Å². The molecule has 0 spiro atoms. The fraction of sp³-hybridized carbons (Fsp3) is 0.583. The van der Waals surface area contributed by atoms with Gasteiger partial charge in [0.2, 0.25) is 11.8 Å². The molecule has 3 N–H and O–H groups in total. The fourth-order valence-corrected chi connectivity index (χ4v) is 3.59. The lowest BCUT2D eigenvalue weighted by Gasteiger charge is -2.34. The predicted octanol–water partition coefficient (Wildman–Crippen LogP) is 3.35. The molecule has 3 amide bonds. The van der Waals surface area contributed by atoms with E-state index < -0.39 is 47.7 Å². The number of hydrogen-bond acceptors (Lipinski definition) is 7. The average molecular weight is 493 g/mol. The van der Waals surface area contributed by atoms with Gasteiger partial charge in [-0.3, -0.25) is 9.59 Å². The van der Waals surface area contributed by atoms with Crippen molar-refractivity contribution in [2.75, 3.05) is 18.6 Å². The Balaban J connectivity index is 3.44. The molecule has 0 aliphatic heterocycles. The highest BCUT2D eigenvalue weighted by molar-refractivity contribution is 7.98. The molecular weight excluding hydrogens is 456 g/mol. The summed E-state index contributed by atoms with van der Waals surface area (Å²) in [6, 6.07) is 5.72. The van der Waals surface area contributed by atoms with Crippen LogP contribution in [0.1, 0.15) is 59.6 Å². The number of carbonyl (C=O) groups excluding carboxylic acids is 3. The van der Waals surface area contributed by atoms with E-state index in [1.807, 2.05) is 12.3 Å². The summed E-state index contributed by atoms with van der Waals surface area (Å²) < 4.78 is 5.31. The quantitative estimate of drug-likeness (QED) is 0.450. The monoisotopic (exact) mass is 492 g/mol. The predicted molar refractivity (Wildman–Crippen MR) is 132 cm³/mol. The van der Waals surface area contributed by atoms with Crippen LogP contribution in [0.25, 0.3) is 0 Å². The molecule has 1 aromatic rings. The lowest BCUT2D eigenvalue weighted by Crippen LogP contribution is -2.54. The van der Waals surface area contributed by atoms with Crippen molar-refractivity contribution in [2.45, 2.75) is 71.2 Å². The van der Waals surface area contributed by atoms with Gasteiger partial charge in [0.05, 0.1) is 6.07 Å². The molecule has 0 aliphatic carbocycles. The van der Waals surface area contributed by atoms with Crippen LogP contribution in [-0.4, -0.2) is 63.6 Å². The van der Waals surface area contributed by atoms with Gasteiger partial charge in [-0.2, -0.15) is 17.0 Å². The lowest BCUT2D eigenvalue weighted by molar-refractivity contribution is -0.142. The number of carbonyl (C=O) groups is 3. The van der Waals surface area contributed by atoms with Crippen LogP contribution in [0.2, 0.25) is 0 Å². The largest absolute Gasteiger partial charge is 0.508 e. The first-order valence-electron chi connectivity index (χ1n) is 11.0. The molecule has 0 aliphatic rings. The Morgan fingerprint density at radius 3 is 2.35 bits per heavy atom. The Bertz CT molecular complexity index is 902. The molecule has 9 nitrogen and oxygen atoms in total. The van der Waals surface area contributed by atoms with Crippen LogP contribution in [0.15, 0.2) is 24.3 Å². The minimum atomic E-state index is -1.20. The van der Waals surface area contributed by atoms with Gasteiger partial charge in [0.15, 0.2) is 0 Å². The molecule has 0 fully saturated rings. The van der Waals surface area contributed by atoms with Crippen molar-refractivity contribution in [3.8, 4) is 11.8 Å². The number of nitrogens with one attached hydrogen (secondary N) is 2.